The van der Waals surface area contributed by atoms with E-state index >= 15 is 0 Å². The van der Waals surface area contributed by atoms with Gasteiger partial charge >= 0.3 is 0 Å². The van der Waals surface area contributed by atoms with Crippen molar-refractivity contribution in [3.8, 4) is 0 Å². The molecule has 1 aliphatic rings. The van der Waals surface area contributed by atoms with E-state index in [1.807, 2.05) is 0 Å². The van der Waals surface area contributed by atoms with Crippen LogP contribution < -0.4 is 0 Å². The van der Waals surface area contributed by atoms with Crippen LogP contribution in [0.3, 0.4) is 0 Å². The van der Waals surface area contributed by atoms with Gasteiger partial charge in [-0.1, -0.05) is 27.7 Å². The van der Waals surface area contributed by atoms with Gasteiger partial charge in [0, 0.05) is 0 Å². The second-order valence-electron chi connectivity index (χ2n) is 4.99. The molecule has 0 spiro atoms. The molecule has 0 bridgehead atoms. The van der Waals surface area contributed by atoms with Crippen LogP contribution in [0.25, 0.3) is 0 Å². The first-order chi connectivity index (χ1) is 6.71. The summed E-state index contributed by atoms with van der Waals surface area (Å²) in [6.07, 6.45) is -2.30. The van der Waals surface area contributed by atoms with Crippen molar-refractivity contribution in [1.29, 1.82) is 0 Å². The van der Waals surface area contributed by atoms with E-state index in [1.165, 1.54) is 0 Å². The highest BCUT2D eigenvalue weighted by molar-refractivity contribution is 7.93. The summed E-state index contributed by atoms with van der Waals surface area (Å²) in [5.74, 6) is -0.355. The molecular weight excluding hydrogens is 216 g/mol. The lowest BCUT2D eigenvalue weighted by molar-refractivity contribution is 0.0166. The molecule has 1 rings (SSSR count). The second kappa shape index (κ2) is 4.03. The van der Waals surface area contributed by atoms with Crippen molar-refractivity contribution in [1.82, 2.24) is 0 Å². The SMILES string of the molecule is CC(C)C1C(O)C(O)C(C(C)C)S1(=O)=O. The summed E-state index contributed by atoms with van der Waals surface area (Å²) < 4.78 is 24.2. The maximum atomic E-state index is 12.1. The van der Waals surface area contributed by atoms with E-state index in [0.717, 1.165) is 0 Å². The second-order valence-corrected chi connectivity index (χ2v) is 7.25. The molecule has 0 aromatic heterocycles. The fraction of sp³-hybridized carbons (Fsp3) is 1.00. The number of aliphatic hydroxyl groups is 2. The topological polar surface area (TPSA) is 74.6 Å². The Morgan fingerprint density at radius 3 is 1.27 bits per heavy atom. The molecule has 1 aliphatic heterocycles. The fourth-order valence-electron chi connectivity index (χ4n) is 2.51. The molecule has 2 N–H and O–H groups in total. The van der Waals surface area contributed by atoms with Gasteiger partial charge in [0.25, 0.3) is 0 Å². The molecular formula is C10H20O4S. The van der Waals surface area contributed by atoms with Crippen LogP contribution in [-0.2, 0) is 9.84 Å². The average molecular weight is 236 g/mol. The molecule has 0 aliphatic carbocycles. The number of sulfone groups is 1. The van der Waals surface area contributed by atoms with Crippen LogP contribution >= 0.6 is 0 Å². The molecule has 0 aromatic carbocycles. The number of rotatable bonds is 2. The minimum Gasteiger partial charge on any atom is -0.389 e. The fourth-order valence-corrected chi connectivity index (χ4v) is 5.49. The Morgan fingerprint density at radius 1 is 0.867 bits per heavy atom. The minimum atomic E-state index is -3.42. The van der Waals surface area contributed by atoms with E-state index in [1.54, 1.807) is 27.7 Å². The molecule has 90 valence electrons. The van der Waals surface area contributed by atoms with Gasteiger partial charge in [0.2, 0.25) is 0 Å². The molecule has 0 aromatic rings. The minimum absolute atomic E-state index is 0.177. The zero-order chi connectivity index (χ0) is 12.0. The Bertz CT molecular complexity index is 294. The standard InChI is InChI=1S/C10H20O4S/c1-5(2)9-7(11)8(12)10(6(3)4)15(9,13)14/h5-12H,1-4H3. The third-order valence-electron chi connectivity index (χ3n) is 3.10. The van der Waals surface area contributed by atoms with E-state index < -0.39 is 32.5 Å². The quantitative estimate of drug-likeness (QED) is 0.717. The summed E-state index contributed by atoms with van der Waals surface area (Å²) in [6.45, 7) is 7.00. The molecule has 1 heterocycles. The zero-order valence-electron chi connectivity index (χ0n) is 9.58. The first-order valence-electron chi connectivity index (χ1n) is 5.30. The Labute approximate surface area is 91.2 Å². The molecule has 4 atom stereocenters. The van der Waals surface area contributed by atoms with Crippen molar-refractivity contribution in [3.05, 3.63) is 0 Å². The number of hydrogen-bond acceptors (Lipinski definition) is 4. The Balaban J connectivity index is 3.17. The summed E-state index contributed by atoms with van der Waals surface area (Å²) in [5, 5.41) is 17.8. The summed E-state index contributed by atoms with van der Waals surface area (Å²) in [4.78, 5) is 0. The number of aliphatic hydroxyl groups excluding tert-OH is 2. The molecule has 15 heavy (non-hydrogen) atoms. The van der Waals surface area contributed by atoms with E-state index in [9.17, 15) is 18.6 Å². The van der Waals surface area contributed by atoms with Gasteiger partial charge in [0.05, 0.1) is 22.7 Å². The molecule has 4 unspecified atom stereocenters. The molecule has 1 fully saturated rings. The summed E-state index contributed by atoms with van der Waals surface area (Å²) in [6, 6.07) is 0. The highest BCUT2D eigenvalue weighted by atomic mass is 32.2. The third-order valence-corrected chi connectivity index (χ3v) is 6.26. The highest BCUT2D eigenvalue weighted by Crippen LogP contribution is 2.36. The molecule has 0 saturated carbocycles. The van der Waals surface area contributed by atoms with Crippen LogP contribution in [0.2, 0.25) is 0 Å². The van der Waals surface area contributed by atoms with Crippen molar-refractivity contribution >= 4 is 9.84 Å². The lowest BCUT2D eigenvalue weighted by Crippen LogP contribution is -2.35. The molecule has 4 nitrogen and oxygen atoms in total. The van der Waals surface area contributed by atoms with Crippen molar-refractivity contribution in [2.24, 2.45) is 11.8 Å². The van der Waals surface area contributed by atoms with Crippen LogP contribution in [-0.4, -0.2) is 41.3 Å². The van der Waals surface area contributed by atoms with Crippen molar-refractivity contribution in [2.45, 2.75) is 50.4 Å². The summed E-state index contributed by atoms with van der Waals surface area (Å²) >= 11 is 0. The van der Waals surface area contributed by atoms with Crippen molar-refractivity contribution in [2.75, 3.05) is 0 Å². The van der Waals surface area contributed by atoms with Crippen LogP contribution in [0.4, 0.5) is 0 Å². The first-order valence-corrected chi connectivity index (χ1v) is 6.91. The Morgan fingerprint density at radius 2 is 1.13 bits per heavy atom. The van der Waals surface area contributed by atoms with Gasteiger partial charge < -0.3 is 10.2 Å². The van der Waals surface area contributed by atoms with Gasteiger partial charge in [0.15, 0.2) is 9.84 Å². The molecule has 0 amide bonds. The normalized spacial score (nSPS) is 40.3. The van der Waals surface area contributed by atoms with Gasteiger partial charge in [-0.3, -0.25) is 0 Å². The van der Waals surface area contributed by atoms with Gasteiger partial charge in [-0.05, 0) is 11.8 Å². The maximum absolute atomic E-state index is 12.1. The Hall–Kier alpha value is -0.130. The smallest absolute Gasteiger partial charge is 0.161 e. The van der Waals surface area contributed by atoms with Crippen LogP contribution in [0.15, 0.2) is 0 Å². The predicted octanol–water partition coefficient (Wildman–Crippen LogP) is 0.186. The van der Waals surface area contributed by atoms with E-state index in [0.29, 0.717) is 0 Å². The molecule has 0 radical (unpaired) electrons. The lowest BCUT2D eigenvalue weighted by atomic mass is 9.96. The summed E-state index contributed by atoms with van der Waals surface area (Å²) in [7, 11) is -3.42. The van der Waals surface area contributed by atoms with Crippen LogP contribution in [0, 0.1) is 11.8 Å². The maximum Gasteiger partial charge on any atom is 0.161 e. The van der Waals surface area contributed by atoms with Crippen molar-refractivity contribution < 1.29 is 18.6 Å². The van der Waals surface area contributed by atoms with E-state index in [2.05, 4.69) is 0 Å². The van der Waals surface area contributed by atoms with E-state index in [4.69, 9.17) is 0 Å². The van der Waals surface area contributed by atoms with Gasteiger partial charge in [-0.25, -0.2) is 8.42 Å². The third kappa shape index (κ3) is 1.92. The highest BCUT2D eigenvalue weighted by Gasteiger charge is 2.55. The van der Waals surface area contributed by atoms with Crippen LogP contribution in [0.5, 0.6) is 0 Å². The van der Waals surface area contributed by atoms with Crippen molar-refractivity contribution in [3.63, 3.8) is 0 Å². The van der Waals surface area contributed by atoms with Crippen LogP contribution in [0.1, 0.15) is 27.7 Å². The molecule has 5 heteroatoms. The predicted molar refractivity (Wildman–Crippen MR) is 58.2 cm³/mol. The average Bonchev–Trinajstić information content (AvgIpc) is 2.17. The molecule has 1 saturated heterocycles. The van der Waals surface area contributed by atoms with Gasteiger partial charge in [-0.15, -0.1) is 0 Å². The largest absolute Gasteiger partial charge is 0.389 e. The first kappa shape index (κ1) is 12.9. The number of hydrogen-bond donors (Lipinski definition) is 2. The van der Waals surface area contributed by atoms with Gasteiger partial charge in [0.1, 0.15) is 0 Å². The monoisotopic (exact) mass is 236 g/mol. The summed E-state index contributed by atoms with van der Waals surface area (Å²) in [5.41, 5.74) is 0. The Kier molecular flexibility index (Phi) is 3.48. The van der Waals surface area contributed by atoms with Gasteiger partial charge in [-0.2, -0.15) is 0 Å². The lowest BCUT2D eigenvalue weighted by Gasteiger charge is -2.18. The van der Waals surface area contributed by atoms with E-state index in [-0.39, 0.29) is 11.8 Å². The zero-order valence-corrected chi connectivity index (χ0v) is 10.4.